The molecule has 0 bridgehead atoms. The average Bonchev–Trinajstić information content (AvgIpc) is 2.07. The van der Waals surface area contributed by atoms with Crippen molar-refractivity contribution in [3.05, 3.63) is 28.8 Å². The summed E-state index contributed by atoms with van der Waals surface area (Å²) >= 11 is 5.82. The van der Waals surface area contributed by atoms with E-state index in [1.54, 1.807) is 6.07 Å². The summed E-state index contributed by atoms with van der Waals surface area (Å²) in [7, 11) is 1.92. The Labute approximate surface area is 77.7 Å². The molecule has 0 fully saturated rings. The SMILES string of the molecule is CNCCc1cc(Cl)ccc1N. The molecule has 66 valence electrons. The molecular formula is C9H13ClN2. The lowest BCUT2D eigenvalue weighted by Gasteiger charge is -2.04. The van der Waals surface area contributed by atoms with Gasteiger partial charge in [-0.2, -0.15) is 0 Å². The summed E-state index contributed by atoms with van der Waals surface area (Å²) in [6.45, 7) is 0.921. The highest BCUT2D eigenvalue weighted by molar-refractivity contribution is 6.30. The van der Waals surface area contributed by atoms with E-state index in [0.717, 1.165) is 29.2 Å². The first kappa shape index (κ1) is 9.36. The third-order valence-corrected chi connectivity index (χ3v) is 1.98. The lowest BCUT2D eigenvalue weighted by molar-refractivity contribution is 0.793. The van der Waals surface area contributed by atoms with Gasteiger partial charge in [0.2, 0.25) is 0 Å². The van der Waals surface area contributed by atoms with Crippen LogP contribution in [0.4, 0.5) is 5.69 Å². The number of nitrogens with one attached hydrogen (secondary N) is 1. The molecule has 3 N–H and O–H groups in total. The van der Waals surface area contributed by atoms with Crippen molar-refractivity contribution < 1.29 is 0 Å². The quantitative estimate of drug-likeness (QED) is 0.702. The maximum Gasteiger partial charge on any atom is 0.0410 e. The number of anilines is 1. The van der Waals surface area contributed by atoms with Crippen LogP contribution in [0, 0.1) is 0 Å². The molecule has 0 spiro atoms. The van der Waals surface area contributed by atoms with E-state index in [-0.39, 0.29) is 0 Å². The van der Waals surface area contributed by atoms with Gasteiger partial charge in [-0.15, -0.1) is 0 Å². The molecule has 0 radical (unpaired) electrons. The Morgan fingerprint density at radius 2 is 2.25 bits per heavy atom. The Hall–Kier alpha value is -0.730. The summed E-state index contributed by atoms with van der Waals surface area (Å²) in [6.07, 6.45) is 0.920. The summed E-state index contributed by atoms with van der Waals surface area (Å²) in [6, 6.07) is 5.56. The highest BCUT2D eigenvalue weighted by Gasteiger charge is 1.98. The predicted octanol–water partition coefficient (Wildman–Crippen LogP) is 1.68. The van der Waals surface area contributed by atoms with Gasteiger partial charge in [0.1, 0.15) is 0 Å². The molecule has 0 aromatic heterocycles. The molecule has 0 aliphatic rings. The molecule has 0 amide bonds. The Balaban J connectivity index is 2.75. The van der Waals surface area contributed by atoms with E-state index in [4.69, 9.17) is 17.3 Å². The summed E-state index contributed by atoms with van der Waals surface area (Å²) in [5.74, 6) is 0. The summed E-state index contributed by atoms with van der Waals surface area (Å²) < 4.78 is 0. The molecule has 0 heterocycles. The van der Waals surface area contributed by atoms with Crippen LogP contribution in [-0.2, 0) is 6.42 Å². The highest BCUT2D eigenvalue weighted by Crippen LogP contribution is 2.17. The zero-order valence-electron chi connectivity index (χ0n) is 7.10. The number of nitrogens with two attached hydrogens (primary N) is 1. The number of hydrogen-bond acceptors (Lipinski definition) is 2. The van der Waals surface area contributed by atoms with Gasteiger partial charge in [-0.3, -0.25) is 0 Å². The highest BCUT2D eigenvalue weighted by atomic mass is 35.5. The van der Waals surface area contributed by atoms with Gasteiger partial charge in [0.05, 0.1) is 0 Å². The average molecular weight is 185 g/mol. The van der Waals surface area contributed by atoms with Gasteiger partial charge in [0, 0.05) is 10.7 Å². The van der Waals surface area contributed by atoms with Gasteiger partial charge in [-0.25, -0.2) is 0 Å². The van der Waals surface area contributed by atoms with Crippen molar-refractivity contribution in [1.82, 2.24) is 5.32 Å². The Morgan fingerprint density at radius 3 is 2.92 bits per heavy atom. The van der Waals surface area contributed by atoms with Crippen molar-refractivity contribution in [3.8, 4) is 0 Å². The molecule has 3 heteroatoms. The van der Waals surface area contributed by atoms with E-state index in [9.17, 15) is 0 Å². The summed E-state index contributed by atoms with van der Waals surface area (Å²) in [5, 5.41) is 3.81. The zero-order chi connectivity index (χ0) is 8.97. The van der Waals surface area contributed by atoms with E-state index in [1.807, 2.05) is 19.2 Å². The Kier molecular flexibility index (Phi) is 3.38. The molecular weight excluding hydrogens is 172 g/mol. The van der Waals surface area contributed by atoms with E-state index in [2.05, 4.69) is 5.32 Å². The largest absolute Gasteiger partial charge is 0.399 e. The first-order chi connectivity index (χ1) is 5.74. The van der Waals surface area contributed by atoms with Gasteiger partial charge >= 0.3 is 0 Å². The standard InChI is InChI=1S/C9H13ClN2/c1-12-5-4-7-6-8(10)2-3-9(7)11/h2-3,6,12H,4-5,11H2,1H3. The second-order valence-electron chi connectivity index (χ2n) is 2.70. The van der Waals surface area contributed by atoms with E-state index in [1.165, 1.54) is 0 Å². The fourth-order valence-corrected chi connectivity index (χ4v) is 1.25. The van der Waals surface area contributed by atoms with Gasteiger partial charge < -0.3 is 11.1 Å². The van der Waals surface area contributed by atoms with E-state index in [0.29, 0.717) is 0 Å². The maximum absolute atomic E-state index is 5.82. The van der Waals surface area contributed by atoms with Gasteiger partial charge in [0.15, 0.2) is 0 Å². The summed E-state index contributed by atoms with van der Waals surface area (Å²) in [4.78, 5) is 0. The van der Waals surface area contributed by atoms with Gasteiger partial charge in [-0.05, 0) is 43.8 Å². The lowest BCUT2D eigenvalue weighted by atomic mass is 10.1. The third kappa shape index (κ3) is 2.40. The molecule has 2 nitrogen and oxygen atoms in total. The third-order valence-electron chi connectivity index (χ3n) is 1.75. The fourth-order valence-electron chi connectivity index (χ4n) is 1.05. The fraction of sp³-hybridized carbons (Fsp3) is 0.333. The van der Waals surface area contributed by atoms with Crippen molar-refractivity contribution in [2.45, 2.75) is 6.42 Å². The summed E-state index contributed by atoms with van der Waals surface area (Å²) in [5.41, 5.74) is 7.67. The molecule has 1 aromatic rings. The monoisotopic (exact) mass is 184 g/mol. The molecule has 0 unspecified atom stereocenters. The number of benzene rings is 1. The first-order valence-electron chi connectivity index (χ1n) is 3.92. The second kappa shape index (κ2) is 4.33. The van der Waals surface area contributed by atoms with Crippen molar-refractivity contribution >= 4 is 17.3 Å². The van der Waals surface area contributed by atoms with Crippen LogP contribution in [-0.4, -0.2) is 13.6 Å². The first-order valence-corrected chi connectivity index (χ1v) is 4.30. The van der Waals surface area contributed by atoms with Crippen molar-refractivity contribution in [3.63, 3.8) is 0 Å². The number of hydrogen-bond donors (Lipinski definition) is 2. The Morgan fingerprint density at radius 1 is 1.50 bits per heavy atom. The van der Waals surface area contributed by atoms with Crippen LogP contribution >= 0.6 is 11.6 Å². The van der Waals surface area contributed by atoms with Crippen molar-refractivity contribution in [1.29, 1.82) is 0 Å². The van der Waals surface area contributed by atoms with Crippen molar-refractivity contribution in [2.24, 2.45) is 0 Å². The van der Waals surface area contributed by atoms with Crippen LogP contribution in [0.25, 0.3) is 0 Å². The molecule has 0 saturated carbocycles. The van der Waals surface area contributed by atoms with Crippen LogP contribution in [0.1, 0.15) is 5.56 Å². The molecule has 0 aliphatic carbocycles. The van der Waals surface area contributed by atoms with Gasteiger partial charge in [-0.1, -0.05) is 11.6 Å². The number of likely N-dealkylation sites (N-methyl/N-ethyl adjacent to an activating group) is 1. The normalized spacial score (nSPS) is 10.2. The molecule has 12 heavy (non-hydrogen) atoms. The van der Waals surface area contributed by atoms with Crippen LogP contribution in [0.5, 0.6) is 0 Å². The predicted molar refractivity (Wildman–Crippen MR) is 53.5 cm³/mol. The smallest absolute Gasteiger partial charge is 0.0410 e. The van der Waals surface area contributed by atoms with Crippen LogP contribution in [0.2, 0.25) is 5.02 Å². The Bertz CT molecular complexity index is 261. The van der Waals surface area contributed by atoms with E-state index < -0.39 is 0 Å². The minimum Gasteiger partial charge on any atom is -0.399 e. The van der Waals surface area contributed by atoms with Crippen LogP contribution in [0.15, 0.2) is 18.2 Å². The number of halogens is 1. The maximum atomic E-state index is 5.82. The second-order valence-corrected chi connectivity index (χ2v) is 3.13. The molecule has 0 atom stereocenters. The minimum atomic E-state index is 0.746. The molecule has 0 saturated heterocycles. The zero-order valence-corrected chi connectivity index (χ0v) is 7.86. The van der Waals surface area contributed by atoms with Crippen molar-refractivity contribution in [2.75, 3.05) is 19.3 Å². The molecule has 1 rings (SSSR count). The molecule has 0 aliphatic heterocycles. The van der Waals surface area contributed by atoms with Gasteiger partial charge in [0.25, 0.3) is 0 Å². The number of nitrogen functional groups attached to an aromatic ring is 1. The van der Waals surface area contributed by atoms with E-state index >= 15 is 0 Å². The van der Waals surface area contributed by atoms with Crippen LogP contribution in [0.3, 0.4) is 0 Å². The van der Waals surface area contributed by atoms with Crippen LogP contribution < -0.4 is 11.1 Å². The lowest BCUT2D eigenvalue weighted by Crippen LogP contribution is -2.11. The topological polar surface area (TPSA) is 38.0 Å². The minimum absolute atomic E-state index is 0.746. The molecule has 1 aromatic carbocycles. The number of rotatable bonds is 3.